The quantitative estimate of drug-likeness (QED) is 0.211. The molecule has 0 atom stereocenters. The minimum atomic E-state index is 0.608. The van der Waals surface area contributed by atoms with Crippen LogP contribution in [0.25, 0.3) is 53.5 Å². The van der Waals surface area contributed by atoms with Gasteiger partial charge in [0.2, 0.25) is 5.95 Å². The average Bonchev–Trinajstić information content (AvgIpc) is 3.44. The molecule has 198 valence electrons. The molecule has 0 N–H and O–H groups in total. The largest absolute Gasteiger partial charge is 0.278 e. The zero-order valence-electron chi connectivity index (χ0n) is 22.6. The summed E-state index contributed by atoms with van der Waals surface area (Å²) < 4.78 is 2.51. The smallest absolute Gasteiger partial charge is 0.235 e. The van der Waals surface area contributed by atoms with Crippen LogP contribution >= 0.6 is 11.3 Å². The van der Waals surface area contributed by atoms with Gasteiger partial charge in [-0.2, -0.15) is 0 Å². The van der Waals surface area contributed by atoms with Crippen molar-refractivity contribution in [3.63, 3.8) is 0 Å². The van der Waals surface area contributed by atoms with Crippen LogP contribution in [0.3, 0.4) is 0 Å². The van der Waals surface area contributed by atoms with Crippen molar-refractivity contribution in [3.05, 3.63) is 146 Å². The van der Waals surface area contributed by atoms with Gasteiger partial charge in [-0.25, -0.2) is 9.97 Å². The molecule has 0 fully saturated rings. The van der Waals surface area contributed by atoms with E-state index < -0.39 is 0 Å². The average molecular weight is 557 g/mol. The third kappa shape index (κ3) is 4.10. The molecule has 5 aromatic carbocycles. The summed E-state index contributed by atoms with van der Waals surface area (Å²) in [7, 11) is 0. The molecule has 3 aromatic heterocycles. The second kappa shape index (κ2) is 10.2. The monoisotopic (exact) mass is 556 g/mol. The maximum atomic E-state index is 5.28. The SMILES string of the molecule is c1ccc(-c2nc(N(c3ccncc3)c3ccc4c(sc5ccccc54)c3-c3ccccc3)nc3ccccc23)cc1. The first-order valence-corrected chi connectivity index (χ1v) is 14.7. The lowest BCUT2D eigenvalue weighted by atomic mass is 9.99. The molecule has 8 aromatic rings. The second-order valence-corrected chi connectivity index (χ2v) is 11.1. The molecule has 42 heavy (non-hydrogen) atoms. The molecule has 0 unspecified atom stereocenters. The molecule has 5 heteroatoms. The van der Waals surface area contributed by atoms with E-state index in [9.17, 15) is 0 Å². The van der Waals surface area contributed by atoms with Crippen molar-refractivity contribution in [3.8, 4) is 22.4 Å². The molecule has 8 rings (SSSR count). The van der Waals surface area contributed by atoms with E-state index in [-0.39, 0.29) is 0 Å². The third-order valence-electron chi connectivity index (χ3n) is 7.59. The maximum absolute atomic E-state index is 5.28. The van der Waals surface area contributed by atoms with E-state index in [1.807, 2.05) is 54.1 Å². The van der Waals surface area contributed by atoms with E-state index >= 15 is 0 Å². The Bertz CT molecular complexity index is 2190. The number of hydrogen-bond donors (Lipinski definition) is 0. The van der Waals surface area contributed by atoms with Crippen LogP contribution in [-0.2, 0) is 0 Å². The Balaban J connectivity index is 1.47. The van der Waals surface area contributed by atoms with Crippen LogP contribution in [0.4, 0.5) is 17.3 Å². The fourth-order valence-corrected chi connectivity index (χ4v) is 6.95. The van der Waals surface area contributed by atoms with E-state index in [4.69, 9.17) is 9.97 Å². The summed E-state index contributed by atoms with van der Waals surface area (Å²) in [6, 6.07) is 46.3. The zero-order chi connectivity index (χ0) is 27.9. The molecule has 0 saturated carbocycles. The Morgan fingerprint density at radius 2 is 1.19 bits per heavy atom. The number of fused-ring (bicyclic) bond motifs is 4. The summed E-state index contributed by atoms with van der Waals surface area (Å²) in [5, 5.41) is 3.53. The van der Waals surface area contributed by atoms with Gasteiger partial charge in [0.15, 0.2) is 0 Å². The molecular formula is C37H24N4S. The highest BCUT2D eigenvalue weighted by atomic mass is 32.1. The van der Waals surface area contributed by atoms with Gasteiger partial charge in [0.05, 0.1) is 22.6 Å². The first kappa shape index (κ1) is 24.4. The number of rotatable bonds is 5. The fraction of sp³-hybridized carbons (Fsp3) is 0. The molecule has 0 bridgehead atoms. The number of nitrogens with zero attached hydrogens (tertiary/aromatic N) is 4. The molecule has 0 aliphatic carbocycles. The Hall–Kier alpha value is -5.39. The first-order chi connectivity index (χ1) is 20.8. The number of aromatic nitrogens is 3. The summed E-state index contributed by atoms with van der Waals surface area (Å²) in [5.41, 5.74) is 7.11. The van der Waals surface area contributed by atoms with Gasteiger partial charge in [0.25, 0.3) is 0 Å². The van der Waals surface area contributed by atoms with Crippen LogP contribution in [0.1, 0.15) is 0 Å². The third-order valence-corrected chi connectivity index (χ3v) is 8.79. The standard InChI is InChI=1S/C37H24N4S/c1-3-11-25(12-4-1)34-32(20-19-29-28-15-8-10-18-33(28)42-36(29)34)41(27-21-23-38-24-22-27)37-39-31-17-9-7-16-30(31)35(40-37)26-13-5-2-6-14-26/h1-24H. The second-order valence-electron chi connectivity index (χ2n) is 10.1. The normalized spacial score (nSPS) is 11.3. The Morgan fingerprint density at radius 3 is 1.98 bits per heavy atom. The topological polar surface area (TPSA) is 41.9 Å². The van der Waals surface area contributed by atoms with E-state index in [0.29, 0.717) is 5.95 Å². The van der Waals surface area contributed by atoms with E-state index in [1.54, 1.807) is 0 Å². The van der Waals surface area contributed by atoms with E-state index in [2.05, 4.69) is 113 Å². The lowest BCUT2D eigenvalue weighted by molar-refractivity contribution is 1.11. The Kier molecular flexibility index (Phi) is 5.94. The van der Waals surface area contributed by atoms with Crippen molar-refractivity contribution in [1.82, 2.24) is 15.0 Å². The van der Waals surface area contributed by atoms with Gasteiger partial charge in [0.1, 0.15) is 0 Å². The van der Waals surface area contributed by atoms with Gasteiger partial charge in [-0.05, 0) is 35.9 Å². The Labute approximate surface area is 247 Å². The summed E-state index contributed by atoms with van der Waals surface area (Å²) in [4.78, 5) is 16.9. The van der Waals surface area contributed by atoms with Gasteiger partial charge in [0, 0.05) is 49.1 Å². The molecule has 0 amide bonds. The highest BCUT2D eigenvalue weighted by Gasteiger charge is 2.24. The van der Waals surface area contributed by atoms with Crippen LogP contribution in [-0.4, -0.2) is 15.0 Å². The fourth-order valence-electron chi connectivity index (χ4n) is 5.68. The van der Waals surface area contributed by atoms with Crippen molar-refractivity contribution in [1.29, 1.82) is 0 Å². The number of pyridine rings is 1. The van der Waals surface area contributed by atoms with Crippen molar-refractivity contribution in [2.24, 2.45) is 0 Å². The predicted molar refractivity (Wildman–Crippen MR) is 176 cm³/mol. The molecule has 0 aliphatic rings. The Morgan fingerprint density at radius 1 is 0.524 bits per heavy atom. The number of thiophene rings is 1. The molecule has 4 nitrogen and oxygen atoms in total. The van der Waals surface area contributed by atoms with Gasteiger partial charge in [-0.3, -0.25) is 9.88 Å². The van der Waals surface area contributed by atoms with Crippen molar-refractivity contribution in [2.45, 2.75) is 0 Å². The molecule has 0 saturated heterocycles. The lowest BCUT2D eigenvalue weighted by Crippen LogP contribution is -2.15. The van der Waals surface area contributed by atoms with Crippen molar-refractivity contribution >= 4 is 59.7 Å². The molecule has 3 heterocycles. The van der Waals surface area contributed by atoms with Gasteiger partial charge >= 0.3 is 0 Å². The molecule has 0 spiro atoms. The highest BCUT2D eigenvalue weighted by molar-refractivity contribution is 7.26. The predicted octanol–water partition coefficient (Wildman–Crippen LogP) is 10.2. The minimum absolute atomic E-state index is 0.608. The molecular weight excluding hydrogens is 533 g/mol. The summed E-state index contributed by atoms with van der Waals surface area (Å²) in [6.07, 6.45) is 3.64. The van der Waals surface area contributed by atoms with E-state index in [1.165, 1.54) is 20.2 Å². The van der Waals surface area contributed by atoms with Gasteiger partial charge < -0.3 is 0 Å². The van der Waals surface area contributed by atoms with Crippen LogP contribution in [0.15, 0.2) is 146 Å². The van der Waals surface area contributed by atoms with Crippen LogP contribution in [0.5, 0.6) is 0 Å². The summed E-state index contributed by atoms with van der Waals surface area (Å²) in [6.45, 7) is 0. The summed E-state index contributed by atoms with van der Waals surface area (Å²) >= 11 is 1.83. The van der Waals surface area contributed by atoms with E-state index in [0.717, 1.165) is 44.7 Å². The van der Waals surface area contributed by atoms with Crippen LogP contribution in [0, 0.1) is 0 Å². The number of benzene rings is 5. The number of anilines is 3. The van der Waals surface area contributed by atoms with Gasteiger partial charge in [-0.1, -0.05) is 103 Å². The zero-order valence-corrected chi connectivity index (χ0v) is 23.4. The van der Waals surface area contributed by atoms with Crippen LogP contribution in [0.2, 0.25) is 0 Å². The van der Waals surface area contributed by atoms with Gasteiger partial charge in [-0.15, -0.1) is 11.3 Å². The maximum Gasteiger partial charge on any atom is 0.235 e. The molecule has 0 aliphatic heterocycles. The first-order valence-electron chi connectivity index (χ1n) is 13.9. The summed E-state index contributed by atoms with van der Waals surface area (Å²) in [5.74, 6) is 0.608. The van der Waals surface area contributed by atoms with Crippen LogP contribution < -0.4 is 4.90 Å². The minimum Gasteiger partial charge on any atom is -0.278 e. The lowest BCUT2D eigenvalue weighted by Gasteiger charge is -2.27. The highest BCUT2D eigenvalue weighted by Crippen LogP contribution is 2.48. The van der Waals surface area contributed by atoms with Crippen molar-refractivity contribution in [2.75, 3.05) is 4.90 Å². The number of para-hydroxylation sites is 1. The van der Waals surface area contributed by atoms with Crippen molar-refractivity contribution < 1.29 is 0 Å². The molecule has 0 radical (unpaired) electrons. The number of hydrogen-bond acceptors (Lipinski definition) is 5.